The Kier molecular flexibility index (Phi) is 4.96. The van der Waals surface area contributed by atoms with Gasteiger partial charge in [-0.25, -0.2) is 13.2 Å². The van der Waals surface area contributed by atoms with Crippen LogP contribution in [0.3, 0.4) is 0 Å². The minimum Gasteiger partial charge on any atom is -0.497 e. The zero-order valence-electron chi connectivity index (χ0n) is 13.8. The zero-order valence-corrected chi connectivity index (χ0v) is 15.4. The Morgan fingerprint density at radius 3 is 2.73 bits per heavy atom. The summed E-state index contributed by atoms with van der Waals surface area (Å²) < 4.78 is 42.4. The van der Waals surface area contributed by atoms with E-state index in [1.54, 1.807) is 30.3 Å². The van der Waals surface area contributed by atoms with Crippen molar-refractivity contribution >= 4 is 33.0 Å². The molecule has 0 aliphatic rings. The molecule has 0 amide bonds. The fourth-order valence-corrected chi connectivity index (χ4v) is 4.39. The molecule has 136 valence electrons. The smallest absolute Gasteiger partial charge is 0.360 e. The summed E-state index contributed by atoms with van der Waals surface area (Å²) in [5.41, 5.74) is 0.391. The average molecular weight is 394 g/mol. The van der Waals surface area contributed by atoms with Crippen LogP contribution in [-0.4, -0.2) is 33.8 Å². The van der Waals surface area contributed by atoms with Crippen molar-refractivity contribution in [3.63, 3.8) is 0 Å². The lowest BCUT2D eigenvalue weighted by Crippen LogP contribution is -2.11. The highest BCUT2D eigenvalue weighted by atomic mass is 32.2. The molecule has 2 aromatic heterocycles. The number of anilines is 1. The van der Waals surface area contributed by atoms with Crippen molar-refractivity contribution in [2.24, 2.45) is 0 Å². The third kappa shape index (κ3) is 3.70. The predicted molar refractivity (Wildman–Crippen MR) is 95.0 cm³/mol. The first-order valence-electron chi connectivity index (χ1n) is 7.25. The molecular formula is C16H14N2O6S2. The van der Waals surface area contributed by atoms with E-state index >= 15 is 0 Å². The number of sulfonamides is 1. The van der Waals surface area contributed by atoms with E-state index in [2.05, 4.69) is 14.6 Å². The molecule has 10 heteroatoms. The Bertz CT molecular complexity index is 1040. The van der Waals surface area contributed by atoms with Gasteiger partial charge in [-0.05, 0) is 24.3 Å². The summed E-state index contributed by atoms with van der Waals surface area (Å²) in [6.45, 7) is 0. The number of carbonyl (C=O) groups excluding carboxylic acids is 1. The topological polar surface area (TPSA) is 108 Å². The molecule has 2 heterocycles. The Balaban J connectivity index is 1.83. The van der Waals surface area contributed by atoms with Gasteiger partial charge in [0.1, 0.15) is 9.96 Å². The Morgan fingerprint density at radius 1 is 1.19 bits per heavy atom. The van der Waals surface area contributed by atoms with E-state index in [-0.39, 0.29) is 15.7 Å². The number of nitrogens with one attached hydrogen (secondary N) is 1. The molecule has 0 saturated heterocycles. The summed E-state index contributed by atoms with van der Waals surface area (Å²) in [4.78, 5) is 11.9. The second-order valence-corrected chi connectivity index (χ2v) is 8.02. The van der Waals surface area contributed by atoms with E-state index in [0.29, 0.717) is 16.3 Å². The molecule has 1 N–H and O–H groups in total. The van der Waals surface area contributed by atoms with Crippen LogP contribution in [-0.2, 0) is 14.8 Å². The summed E-state index contributed by atoms with van der Waals surface area (Å²) in [6, 6.07) is 11.0. The predicted octanol–water partition coefficient (Wildman–Crippen LogP) is 3.00. The fourth-order valence-electron chi connectivity index (χ4n) is 2.08. The van der Waals surface area contributed by atoms with Crippen molar-refractivity contribution in [3.8, 4) is 16.4 Å². The standard InChI is InChI=1S/C16H14N2O6S2/c1-22-11-5-3-4-10(8-11)18-26(20,21)15-7-6-14(25-15)13-9-12(17-24-13)16(19)23-2/h3-9,18H,1-2H3. The van der Waals surface area contributed by atoms with Crippen LogP contribution >= 0.6 is 11.3 Å². The largest absolute Gasteiger partial charge is 0.497 e. The van der Waals surface area contributed by atoms with Crippen LogP contribution in [0.4, 0.5) is 5.69 Å². The molecule has 8 nitrogen and oxygen atoms in total. The molecule has 0 fully saturated rings. The Hall–Kier alpha value is -2.85. The third-order valence-corrected chi connectivity index (χ3v) is 6.29. The maximum Gasteiger partial charge on any atom is 0.360 e. The lowest BCUT2D eigenvalue weighted by molar-refractivity contribution is 0.0589. The number of rotatable bonds is 6. The molecular weight excluding hydrogens is 380 g/mol. The van der Waals surface area contributed by atoms with E-state index in [0.717, 1.165) is 11.3 Å². The molecule has 0 unspecified atom stereocenters. The second kappa shape index (κ2) is 7.18. The number of methoxy groups -OCH3 is 2. The molecule has 3 aromatic rings. The Labute approximate surface area is 153 Å². The van der Waals surface area contributed by atoms with E-state index in [1.165, 1.54) is 26.4 Å². The van der Waals surface area contributed by atoms with Crippen molar-refractivity contribution < 1.29 is 27.2 Å². The molecule has 0 bridgehead atoms. The van der Waals surface area contributed by atoms with Gasteiger partial charge in [0.2, 0.25) is 0 Å². The van der Waals surface area contributed by atoms with E-state index in [1.807, 2.05) is 0 Å². The first-order valence-corrected chi connectivity index (χ1v) is 9.55. The van der Waals surface area contributed by atoms with Crippen molar-refractivity contribution in [3.05, 3.63) is 48.2 Å². The van der Waals surface area contributed by atoms with Gasteiger partial charge in [-0.1, -0.05) is 11.2 Å². The normalized spacial score (nSPS) is 11.2. The highest BCUT2D eigenvalue weighted by molar-refractivity contribution is 7.94. The van der Waals surface area contributed by atoms with Crippen molar-refractivity contribution in [1.82, 2.24) is 5.16 Å². The van der Waals surface area contributed by atoms with Crippen LogP contribution in [0.15, 0.2) is 51.2 Å². The van der Waals surface area contributed by atoms with Gasteiger partial charge in [-0.15, -0.1) is 11.3 Å². The minimum absolute atomic E-state index is 0.00909. The fraction of sp³-hybridized carbons (Fsp3) is 0.125. The molecule has 0 saturated carbocycles. The number of thiophene rings is 1. The average Bonchev–Trinajstić information content (AvgIpc) is 3.30. The van der Waals surface area contributed by atoms with Crippen LogP contribution in [0.25, 0.3) is 10.6 Å². The number of hydrogen-bond acceptors (Lipinski definition) is 8. The van der Waals surface area contributed by atoms with Crippen molar-refractivity contribution in [2.45, 2.75) is 4.21 Å². The summed E-state index contributed by atoms with van der Waals surface area (Å²) in [5.74, 6) is 0.177. The van der Waals surface area contributed by atoms with E-state index < -0.39 is 16.0 Å². The van der Waals surface area contributed by atoms with Crippen LogP contribution in [0.2, 0.25) is 0 Å². The summed E-state index contributed by atoms with van der Waals surface area (Å²) in [6.07, 6.45) is 0. The van der Waals surface area contributed by atoms with Gasteiger partial charge in [0, 0.05) is 12.1 Å². The number of nitrogens with zero attached hydrogens (tertiary/aromatic N) is 1. The number of benzene rings is 1. The quantitative estimate of drug-likeness (QED) is 0.640. The lowest BCUT2D eigenvalue weighted by atomic mass is 10.3. The monoisotopic (exact) mass is 394 g/mol. The summed E-state index contributed by atoms with van der Waals surface area (Å²) in [7, 11) is -1.05. The molecule has 0 atom stereocenters. The second-order valence-electron chi connectivity index (χ2n) is 5.02. The number of esters is 1. The first kappa shape index (κ1) is 18.0. The molecule has 26 heavy (non-hydrogen) atoms. The van der Waals surface area contributed by atoms with Crippen LogP contribution in [0.1, 0.15) is 10.5 Å². The van der Waals surface area contributed by atoms with Crippen LogP contribution in [0.5, 0.6) is 5.75 Å². The maximum absolute atomic E-state index is 12.5. The molecule has 1 aromatic carbocycles. The highest BCUT2D eigenvalue weighted by Gasteiger charge is 2.20. The first-order chi connectivity index (χ1) is 12.4. The summed E-state index contributed by atoms with van der Waals surface area (Å²) >= 11 is 0.987. The molecule has 0 spiro atoms. The number of hydrogen-bond donors (Lipinski definition) is 1. The summed E-state index contributed by atoms with van der Waals surface area (Å²) in [5, 5.41) is 3.60. The zero-order chi connectivity index (χ0) is 18.7. The molecule has 3 rings (SSSR count). The van der Waals surface area contributed by atoms with Gasteiger partial charge >= 0.3 is 5.97 Å². The number of carbonyl (C=O) groups is 1. The molecule has 0 aliphatic heterocycles. The Morgan fingerprint density at radius 2 is 2.00 bits per heavy atom. The van der Waals surface area contributed by atoms with Crippen LogP contribution in [0, 0.1) is 0 Å². The van der Waals surface area contributed by atoms with E-state index in [9.17, 15) is 13.2 Å². The minimum atomic E-state index is -3.78. The highest BCUT2D eigenvalue weighted by Crippen LogP contribution is 2.32. The maximum atomic E-state index is 12.5. The van der Waals surface area contributed by atoms with Crippen molar-refractivity contribution in [1.29, 1.82) is 0 Å². The van der Waals surface area contributed by atoms with Gasteiger partial charge in [0.05, 0.1) is 24.8 Å². The van der Waals surface area contributed by atoms with E-state index in [4.69, 9.17) is 9.26 Å². The van der Waals surface area contributed by atoms with Gasteiger partial charge in [0.15, 0.2) is 11.5 Å². The van der Waals surface area contributed by atoms with Gasteiger partial charge in [-0.2, -0.15) is 0 Å². The van der Waals surface area contributed by atoms with Gasteiger partial charge in [0.25, 0.3) is 10.0 Å². The molecule has 0 aliphatic carbocycles. The number of ether oxygens (including phenoxy) is 2. The van der Waals surface area contributed by atoms with Crippen LogP contribution < -0.4 is 9.46 Å². The number of aromatic nitrogens is 1. The third-order valence-electron chi connectivity index (χ3n) is 3.32. The van der Waals surface area contributed by atoms with Gasteiger partial charge in [-0.3, -0.25) is 4.72 Å². The van der Waals surface area contributed by atoms with Crippen molar-refractivity contribution in [2.75, 3.05) is 18.9 Å². The lowest BCUT2D eigenvalue weighted by Gasteiger charge is -2.07. The SMILES string of the molecule is COC(=O)c1cc(-c2ccc(S(=O)(=O)Nc3cccc(OC)c3)s2)on1. The van der Waals surface area contributed by atoms with Gasteiger partial charge < -0.3 is 14.0 Å². The molecule has 0 radical (unpaired) electrons.